The fourth-order valence-electron chi connectivity index (χ4n) is 2.66. The molecule has 1 fully saturated rings. The zero-order chi connectivity index (χ0) is 23.4. The van der Waals surface area contributed by atoms with Crippen molar-refractivity contribution in [3.05, 3.63) is 58.4 Å². The highest BCUT2D eigenvalue weighted by atomic mass is 35.5. The molecule has 3 N–H and O–H groups in total. The van der Waals surface area contributed by atoms with Gasteiger partial charge < -0.3 is 15.3 Å². The second kappa shape index (κ2) is 9.93. The van der Waals surface area contributed by atoms with Crippen LogP contribution in [0.4, 0.5) is 17.6 Å². The van der Waals surface area contributed by atoms with E-state index in [1.165, 1.54) is 10.4 Å². The fraction of sp³-hybridized carbons (Fsp3) is 0.316. The molecule has 2 aromatic rings. The minimum Gasteiger partial charge on any atom is -0.508 e. The lowest BCUT2D eigenvalue weighted by atomic mass is 10.1. The zero-order valence-electron chi connectivity index (χ0n) is 15.7. The SMILES string of the molecule is N#Cc1cc(C(F)(F)F)ccc1S(=O)N1CCC(O)(CO)C1.Oc1ccc(F)c(Cl)c1. The molecule has 0 aromatic heterocycles. The van der Waals surface area contributed by atoms with Gasteiger partial charge in [0.1, 0.15) is 34.2 Å². The van der Waals surface area contributed by atoms with Crippen LogP contribution < -0.4 is 0 Å². The van der Waals surface area contributed by atoms with Gasteiger partial charge in [-0.15, -0.1) is 0 Å². The van der Waals surface area contributed by atoms with E-state index in [-0.39, 0.29) is 40.7 Å². The Labute approximate surface area is 182 Å². The molecule has 0 spiro atoms. The predicted octanol–water partition coefficient (Wildman–Crippen LogP) is 3.21. The lowest BCUT2D eigenvalue weighted by molar-refractivity contribution is -0.137. The van der Waals surface area contributed by atoms with Gasteiger partial charge in [-0.1, -0.05) is 11.6 Å². The second-order valence-corrected chi connectivity index (χ2v) is 8.53. The summed E-state index contributed by atoms with van der Waals surface area (Å²) in [4.78, 5) is -0.0438. The first-order valence-corrected chi connectivity index (χ1v) is 10.1. The average molecular weight is 481 g/mol. The second-order valence-electron chi connectivity index (χ2n) is 6.66. The molecule has 0 radical (unpaired) electrons. The highest BCUT2D eigenvalue weighted by Gasteiger charge is 2.39. The van der Waals surface area contributed by atoms with Gasteiger partial charge in [0.15, 0.2) is 0 Å². The number of phenols is 1. The topological polar surface area (TPSA) is 105 Å². The summed E-state index contributed by atoms with van der Waals surface area (Å²) >= 11 is 5.28. The largest absolute Gasteiger partial charge is 0.508 e. The van der Waals surface area contributed by atoms with Gasteiger partial charge in [-0.25, -0.2) is 12.9 Å². The molecule has 168 valence electrons. The highest BCUT2D eigenvalue weighted by Crippen LogP contribution is 2.32. The maximum Gasteiger partial charge on any atom is 0.416 e. The number of halogens is 5. The van der Waals surface area contributed by atoms with Crippen LogP contribution in [0.25, 0.3) is 0 Å². The smallest absolute Gasteiger partial charge is 0.416 e. The standard InChI is InChI=1S/C13H13F3N2O3S.C6H4ClFO/c14-13(15,16)10-1-2-11(9(5-10)6-17)22(21)18-4-3-12(20,7-18)8-19;7-5-3-4(9)1-2-6(5)8/h1-2,5,19-20H,3-4,7-8H2;1-3,9H. The third kappa shape index (κ3) is 6.38. The van der Waals surface area contributed by atoms with Crippen LogP contribution in [0, 0.1) is 17.1 Å². The van der Waals surface area contributed by atoms with Crippen LogP contribution in [0.15, 0.2) is 41.3 Å². The minimum atomic E-state index is -4.59. The fourth-order valence-corrected chi connectivity index (χ4v) is 4.20. The quantitative estimate of drug-likeness (QED) is 0.585. The molecule has 3 rings (SSSR count). The average Bonchev–Trinajstić information content (AvgIpc) is 3.12. The lowest BCUT2D eigenvalue weighted by Crippen LogP contribution is -2.37. The number of hydrogen-bond acceptors (Lipinski definition) is 5. The molecule has 0 bridgehead atoms. The summed E-state index contributed by atoms with van der Waals surface area (Å²) in [6, 6.07) is 7.54. The van der Waals surface area contributed by atoms with Gasteiger partial charge in [0, 0.05) is 19.2 Å². The molecule has 1 saturated heterocycles. The molecule has 0 aliphatic carbocycles. The molecule has 6 nitrogen and oxygen atoms in total. The third-order valence-corrected chi connectivity index (χ3v) is 6.15. The molecule has 1 heterocycles. The van der Waals surface area contributed by atoms with Crippen LogP contribution in [0.3, 0.4) is 0 Å². The molecule has 0 saturated carbocycles. The number of benzene rings is 2. The zero-order valence-corrected chi connectivity index (χ0v) is 17.3. The summed E-state index contributed by atoms with van der Waals surface area (Å²) in [7, 11) is -1.88. The van der Waals surface area contributed by atoms with E-state index in [0.29, 0.717) is 6.07 Å². The summed E-state index contributed by atoms with van der Waals surface area (Å²) in [6.45, 7) is -0.379. The van der Waals surface area contributed by atoms with E-state index in [1.807, 2.05) is 0 Å². The molecule has 31 heavy (non-hydrogen) atoms. The Morgan fingerprint density at radius 2 is 1.94 bits per heavy atom. The first kappa shape index (κ1) is 25.0. The maximum atomic E-state index is 12.6. The number of β-amino-alcohol motifs (C(OH)–C–C–N with tert-alkyl or cyclic N) is 1. The van der Waals surface area contributed by atoms with E-state index < -0.39 is 40.8 Å². The molecule has 12 heteroatoms. The lowest BCUT2D eigenvalue weighted by Gasteiger charge is -2.20. The molecule has 2 unspecified atom stereocenters. The molecule has 1 aliphatic heterocycles. The van der Waals surface area contributed by atoms with E-state index >= 15 is 0 Å². The highest BCUT2D eigenvalue weighted by molar-refractivity contribution is 7.82. The Bertz CT molecular complexity index is 1020. The van der Waals surface area contributed by atoms with Crippen LogP contribution in [0.1, 0.15) is 17.5 Å². The van der Waals surface area contributed by atoms with Crippen LogP contribution in [0.2, 0.25) is 5.02 Å². The number of nitrogens with zero attached hydrogens (tertiary/aromatic N) is 2. The maximum absolute atomic E-state index is 12.6. The van der Waals surface area contributed by atoms with Crippen molar-refractivity contribution in [2.45, 2.75) is 23.1 Å². The summed E-state index contributed by atoms with van der Waals surface area (Å²) in [6.07, 6.45) is -4.39. The van der Waals surface area contributed by atoms with Crippen molar-refractivity contribution in [3.8, 4) is 11.8 Å². The number of rotatable bonds is 3. The molecular weight excluding hydrogens is 464 g/mol. The summed E-state index contributed by atoms with van der Waals surface area (Å²) < 4.78 is 63.9. The molecule has 2 atom stereocenters. The Balaban J connectivity index is 0.000000316. The van der Waals surface area contributed by atoms with Crippen LogP contribution in [-0.2, 0) is 17.2 Å². The van der Waals surface area contributed by atoms with Crippen molar-refractivity contribution >= 4 is 22.6 Å². The van der Waals surface area contributed by atoms with Gasteiger partial charge in [-0.2, -0.15) is 18.4 Å². The first-order chi connectivity index (χ1) is 14.4. The van der Waals surface area contributed by atoms with Crippen molar-refractivity contribution in [1.82, 2.24) is 4.31 Å². The summed E-state index contributed by atoms with van der Waals surface area (Å²) in [5.41, 5.74) is -2.69. The number of alkyl halides is 3. The van der Waals surface area contributed by atoms with Gasteiger partial charge >= 0.3 is 6.18 Å². The van der Waals surface area contributed by atoms with Crippen molar-refractivity contribution in [2.24, 2.45) is 0 Å². The van der Waals surface area contributed by atoms with E-state index in [2.05, 4.69) is 0 Å². The number of aliphatic hydroxyl groups is 2. The van der Waals surface area contributed by atoms with Gasteiger partial charge in [-0.3, -0.25) is 0 Å². The van der Waals surface area contributed by atoms with Gasteiger partial charge in [0.25, 0.3) is 0 Å². The Kier molecular flexibility index (Phi) is 8.02. The van der Waals surface area contributed by atoms with Gasteiger partial charge in [-0.05, 0) is 36.8 Å². The van der Waals surface area contributed by atoms with E-state index in [1.54, 1.807) is 6.07 Å². The Morgan fingerprint density at radius 3 is 2.42 bits per heavy atom. The number of aliphatic hydroxyl groups excluding tert-OH is 1. The van der Waals surface area contributed by atoms with Crippen molar-refractivity contribution in [1.29, 1.82) is 5.26 Å². The summed E-state index contributed by atoms with van der Waals surface area (Å²) in [5.74, 6) is -0.545. The van der Waals surface area contributed by atoms with Crippen LogP contribution in [-0.4, -0.2) is 49.1 Å². The number of aromatic hydroxyl groups is 1. The third-order valence-electron chi connectivity index (χ3n) is 4.34. The monoisotopic (exact) mass is 480 g/mol. The Morgan fingerprint density at radius 1 is 1.26 bits per heavy atom. The van der Waals surface area contributed by atoms with E-state index in [0.717, 1.165) is 24.3 Å². The number of hydrogen-bond donors (Lipinski definition) is 3. The number of nitriles is 1. The van der Waals surface area contributed by atoms with Crippen molar-refractivity contribution in [3.63, 3.8) is 0 Å². The Hall–Kier alpha value is -2.23. The normalized spacial score (nSPS) is 19.9. The summed E-state index contributed by atoms with van der Waals surface area (Å²) in [5, 5.41) is 36.6. The predicted molar refractivity (Wildman–Crippen MR) is 104 cm³/mol. The van der Waals surface area contributed by atoms with Crippen molar-refractivity contribution < 1.29 is 37.1 Å². The molecule has 0 amide bonds. The first-order valence-electron chi connectivity index (χ1n) is 8.65. The molecule has 2 aromatic carbocycles. The van der Waals surface area contributed by atoms with Gasteiger partial charge in [0.2, 0.25) is 0 Å². The van der Waals surface area contributed by atoms with E-state index in [4.69, 9.17) is 27.1 Å². The van der Waals surface area contributed by atoms with Crippen LogP contribution >= 0.6 is 11.6 Å². The number of phenolic OH excluding ortho intramolecular Hbond substituents is 1. The molecule has 1 aliphatic rings. The van der Waals surface area contributed by atoms with Crippen molar-refractivity contribution in [2.75, 3.05) is 19.7 Å². The van der Waals surface area contributed by atoms with Crippen LogP contribution in [0.5, 0.6) is 5.75 Å². The molecular formula is C19H17ClF4N2O4S. The van der Waals surface area contributed by atoms with Gasteiger partial charge in [0.05, 0.1) is 27.7 Å². The minimum absolute atomic E-state index is 0.0265. The van der Waals surface area contributed by atoms with E-state index in [9.17, 15) is 26.9 Å².